The Kier molecular flexibility index (Phi) is 6.27. The van der Waals surface area contributed by atoms with E-state index in [1.54, 1.807) is 24.3 Å². The molecule has 5 rings (SSSR count). The number of carbonyl (C=O) groups excluding carboxylic acids is 2. The van der Waals surface area contributed by atoms with Crippen molar-refractivity contribution in [3.8, 4) is 0 Å². The molecule has 0 saturated heterocycles. The Morgan fingerprint density at radius 1 is 0.943 bits per heavy atom. The van der Waals surface area contributed by atoms with Crippen LogP contribution in [0.25, 0.3) is 0 Å². The molecule has 0 saturated carbocycles. The molecule has 1 aliphatic heterocycles. The zero-order valence-electron chi connectivity index (χ0n) is 19.1. The van der Waals surface area contributed by atoms with Gasteiger partial charge in [-0.3, -0.25) is 9.59 Å². The van der Waals surface area contributed by atoms with E-state index in [-0.39, 0.29) is 17.4 Å². The van der Waals surface area contributed by atoms with E-state index in [4.69, 9.17) is 11.6 Å². The van der Waals surface area contributed by atoms with E-state index in [9.17, 15) is 14.0 Å². The molecule has 0 fully saturated rings. The van der Waals surface area contributed by atoms with Crippen LogP contribution in [0.2, 0.25) is 5.02 Å². The Bertz CT molecular complexity index is 1360. The molecule has 2 aliphatic rings. The van der Waals surface area contributed by atoms with Gasteiger partial charge in [0.2, 0.25) is 0 Å². The third-order valence-corrected chi connectivity index (χ3v) is 6.92. The number of benzene rings is 3. The molecule has 0 bridgehead atoms. The summed E-state index contributed by atoms with van der Waals surface area (Å²) in [5.74, 6) is -1.51. The van der Waals surface area contributed by atoms with Gasteiger partial charge in [-0.2, -0.15) is 0 Å². The lowest BCUT2D eigenvalue weighted by Gasteiger charge is -2.37. The van der Waals surface area contributed by atoms with Crippen molar-refractivity contribution in [1.29, 1.82) is 0 Å². The Hall–Kier alpha value is -3.70. The third-order valence-electron chi connectivity index (χ3n) is 6.67. The van der Waals surface area contributed by atoms with Crippen molar-refractivity contribution in [2.45, 2.75) is 31.6 Å². The lowest BCUT2D eigenvalue weighted by Crippen LogP contribution is -2.37. The number of hydrogen-bond donors (Lipinski definition) is 2. The van der Waals surface area contributed by atoms with Crippen LogP contribution in [0.5, 0.6) is 0 Å². The maximum Gasteiger partial charge on any atom is 0.254 e. The predicted octanol–water partition coefficient (Wildman–Crippen LogP) is 6.48. The van der Waals surface area contributed by atoms with Gasteiger partial charge in [-0.25, -0.2) is 4.39 Å². The molecule has 1 heterocycles. The van der Waals surface area contributed by atoms with Crippen LogP contribution in [-0.2, 0) is 9.59 Å². The smallest absolute Gasteiger partial charge is 0.254 e. The second-order valence-electron chi connectivity index (χ2n) is 8.91. The second-order valence-corrected chi connectivity index (χ2v) is 9.35. The monoisotopic (exact) mass is 486 g/mol. The number of para-hydroxylation sites is 1. The summed E-state index contributed by atoms with van der Waals surface area (Å²) in [6, 6.07) is 23.2. The van der Waals surface area contributed by atoms with Gasteiger partial charge in [-0.05, 0) is 54.7 Å². The third kappa shape index (κ3) is 4.52. The number of hydrogen-bond acceptors (Lipinski definition) is 3. The molecule has 3 aromatic rings. The first kappa shape index (κ1) is 23.1. The van der Waals surface area contributed by atoms with E-state index < -0.39 is 17.6 Å². The first-order valence-electron chi connectivity index (χ1n) is 11.5. The van der Waals surface area contributed by atoms with Crippen molar-refractivity contribution < 1.29 is 14.0 Å². The quantitative estimate of drug-likeness (QED) is 0.443. The lowest BCUT2D eigenvalue weighted by atomic mass is 9.71. The highest BCUT2D eigenvalue weighted by atomic mass is 35.5. The van der Waals surface area contributed by atoms with Crippen molar-refractivity contribution in [1.82, 2.24) is 5.32 Å². The molecule has 6 heteroatoms. The van der Waals surface area contributed by atoms with E-state index in [0.717, 1.165) is 16.8 Å². The second kappa shape index (κ2) is 9.51. The molecule has 1 aliphatic carbocycles. The molecule has 0 aromatic heterocycles. The van der Waals surface area contributed by atoms with E-state index in [1.807, 2.05) is 49.4 Å². The maximum atomic E-state index is 14.3. The number of halogens is 2. The molecule has 0 radical (unpaired) electrons. The SMILES string of the molecule is CC1=C(C(=O)Nc2ccccc2F)C(c2ccc(Cl)cc2)C2=C(CC(c3ccccc3)CC2=O)N1. The molecule has 35 heavy (non-hydrogen) atoms. The van der Waals surface area contributed by atoms with Crippen molar-refractivity contribution in [3.63, 3.8) is 0 Å². The Morgan fingerprint density at radius 3 is 2.34 bits per heavy atom. The van der Waals surface area contributed by atoms with Gasteiger partial charge < -0.3 is 10.6 Å². The number of Topliss-reactive ketones (excluding diaryl/α,β-unsaturated/α-hetero) is 1. The normalized spacial score (nSPS) is 19.8. The standard InChI is InChI=1S/C29H24ClFN2O2/c1-17-26(29(35)33-23-10-6-5-9-22(23)31)27(19-11-13-21(30)14-12-19)28-24(32-17)15-20(16-25(28)34)18-7-3-2-4-8-18/h2-14,20,27,32H,15-16H2,1H3,(H,33,35). The number of allylic oxidation sites excluding steroid dienone is 3. The number of rotatable bonds is 4. The number of nitrogens with one attached hydrogen (secondary N) is 2. The summed E-state index contributed by atoms with van der Waals surface area (Å²) in [6.45, 7) is 1.82. The molecule has 2 N–H and O–H groups in total. The van der Waals surface area contributed by atoms with E-state index >= 15 is 0 Å². The fourth-order valence-electron chi connectivity index (χ4n) is 5.04. The molecule has 4 nitrogen and oxygen atoms in total. The highest BCUT2D eigenvalue weighted by Gasteiger charge is 2.41. The van der Waals surface area contributed by atoms with Gasteiger partial charge in [-0.1, -0.05) is 66.2 Å². The largest absolute Gasteiger partial charge is 0.362 e. The van der Waals surface area contributed by atoms with Crippen molar-refractivity contribution in [2.24, 2.45) is 0 Å². The summed E-state index contributed by atoms with van der Waals surface area (Å²) in [5.41, 5.74) is 4.43. The number of ketones is 1. The first-order chi connectivity index (χ1) is 16.9. The molecule has 2 unspecified atom stereocenters. The van der Waals surface area contributed by atoms with Crippen LogP contribution in [0.1, 0.15) is 42.7 Å². The summed E-state index contributed by atoms with van der Waals surface area (Å²) in [6.07, 6.45) is 1.02. The van der Waals surface area contributed by atoms with Gasteiger partial charge in [0.1, 0.15) is 5.82 Å². The van der Waals surface area contributed by atoms with Crippen LogP contribution < -0.4 is 10.6 Å². The zero-order valence-corrected chi connectivity index (χ0v) is 19.9. The number of anilines is 1. The fourth-order valence-corrected chi connectivity index (χ4v) is 5.17. The van der Waals surface area contributed by atoms with Crippen LogP contribution in [-0.4, -0.2) is 11.7 Å². The zero-order chi connectivity index (χ0) is 24.5. The molecular weight excluding hydrogens is 463 g/mol. The fraction of sp³-hybridized carbons (Fsp3) is 0.172. The summed E-state index contributed by atoms with van der Waals surface area (Å²) in [4.78, 5) is 27.1. The van der Waals surface area contributed by atoms with Gasteiger partial charge >= 0.3 is 0 Å². The Morgan fingerprint density at radius 2 is 1.63 bits per heavy atom. The highest BCUT2D eigenvalue weighted by Crippen LogP contribution is 2.45. The summed E-state index contributed by atoms with van der Waals surface area (Å²) in [5, 5.41) is 6.61. The molecule has 1 amide bonds. The summed E-state index contributed by atoms with van der Waals surface area (Å²) < 4.78 is 14.3. The maximum absolute atomic E-state index is 14.3. The van der Waals surface area contributed by atoms with Crippen molar-refractivity contribution in [2.75, 3.05) is 5.32 Å². The summed E-state index contributed by atoms with van der Waals surface area (Å²) >= 11 is 6.13. The van der Waals surface area contributed by atoms with Crippen molar-refractivity contribution in [3.05, 3.63) is 123 Å². The van der Waals surface area contributed by atoms with Crippen LogP contribution in [0.4, 0.5) is 10.1 Å². The Labute approximate surface area is 208 Å². The molecule has 3 aromatic carbocycles. The number of dihydropyridines is 1. The van der Waals surface area contributed by atoms with Gasteiger partial charge in [0.05, 0.1) is 5.69 Å². The van der Waals surface area contributed by atoms with Crippen LogP contribution in [0.3, 0.4) is 0 Å². The summed E-state index contributed by atoms with van der Waals surface area (Å²) in [7, 11) is 0. The van der Waals surface area contributed by atoms with Gasteiger partial charge in [0.15, 0.2) is 5.78 Å². The predicted molar refractivity (Wildman–Crippen MR) is 136 cm³/mol. The molecular formula is C29H24ClFN2O2. The minimum Gasteiger partial charge on any atom is -0.362 e. The molecule has 0 spiro atoms. The molecule has 176 valence electrons. The van der Waals surface area contributed by atoms with Crippen LogP contribution in [0.15, 0.2) is 101 Å². The number of carbonyl (C=O) groups is 2. The Balaban J connectivity index is 1.57. The molecule has 2 atom stereocenters. The average Bonchev–Trinajstić information content (AvgIpc) is 2.85. The van der Waals surface area contributed by atoms with E-state index in [2.05, 4.69) is 10.6 Å². The van der Waals surface area contributed by atoms with Gasteiger partial charge in [0, 0.05) is 39.9 Å². The van der Waals surface area contributed by atoms with Crippen LogP contribution in [0, 0.1) is 5.82 Å². The average molecular weight is 487 g/mol. The minimum absolute atomic E-state index is 0.00348. The van der Waals surface area contributed by atoms with E-state index in [1.165, 1.54) is 12.1 Å². The van der Waals surface area contributed by atoms with Crippen molar-refractivity contribution >= 4 is 29.0 Å². The first-order valence-corrected chi connectivity index (χ1v) is 11.9. The highest BCUT2D eigenvalue weighted by molar-refractivity contribution is 6.30. The van der Waals surface area contributed by atoms with E-state index in [0.29, 0.717) is 34.7 Å². The number of amides is 1. The van der Waals surface area contributed by atoms with Gasteiger partial charge in [0.25, 0.3) is 5.91 Å². The lowest BCUT2D eigenvalue weighted by molar-refractivity contribution is -0.116. The minimum atomic E-state index is -0.584. The topological polar surface area (TPSA) is 58.2 Å². The van der Waals surface area contributed by atoms with Crippen LogP contribution >= 0.6 is 11.6 Å². The van der Waals surface area contributed by atoms with Gasteiger partial charge in [-0.15, -0.1) is 0 Å².